The molecule has 4 aromatic rings. The number of hydrogen-bond donors (Lipinski definition) is 2. The zero-order chi connectivity index (χ0) is 22.2. The summed E-state index contributed by atoms with van der Waals surface area (Å²) in [5, 5.41) is 4.02. The lowest BCUT2D eigenvalue weighted by Crippen LogP contribution is -2.56. The SMILES string of the molecule is O=C(CN1CC2COCCN2c2nc(-c3cccc4[nH]ccc34)ncc21)Nc1ccncc1. The summed E-state index contributed by atoms with van der Waals surface area (Å²) in [6, 6.07) is 11.8. The predicted octanol–water partition coefficient (Wildman–Crippen LogP) is 2.68. The van der Waals surface area contributed by atoms with Crippen LogP contribution in [-0.2, 0) is 9.53 Å². The first-order valence-corrected chi connectivity index (χ1v) is 11.0. The lowest BCUT2D eigenvalue weighted by atomic mass is 10.1. The molecule has 1 amide bonds. The number of carbonyl (C=O) groups excluding carboxylic acids is 1. The highest BCUT2D eigenvalue weighted by atomic mass is 16.5. The van der Waals surface area contributed by atoms with Crippen LogP contribution < -0.4 is 15.1 Å². The fraction of sp³-hybridized carbons (Fsp3) is 0.250. The maximum absolute atomic E-state index is 12.8. The van der Waals surface area contributed by atoms with Gasteiger partial charge in [0.2, 0.25) is 5.91 Å². The van der Waals surface area contributed by atoms with Gasteiger partial charge in [-0.25, -0.2) is 9.97 Å². The van der Waals surface area contributed by atoms with E-state index in [1.165, 1.54) is 0 Å². The number of aromatic amines is 1. The molecule has 9 nitrogen and oxygen atoms in total. The van der Waals surface area contributed by atoms with E-state index in [-0.39, 0.29) is 18.5 Å². The molecular weight excluding hydrogens is 418 g/mol. The number of fused-ring (bicyclic) bond motifs is 4. The minimum atomic E-state index is -0.0986. The molecule has 1 aromatic carbocycles. The zero-order valence-corrected chi connectivity index (χ0v) is 17.9. The monoisotopic (exact) mass is 441 g/mol. The topological polar surface area (TPSA) is 99.3 Å². The third-order valence-corrected chi connectivity index (χ3v) is 6.16. The first-order valence-electron chi connectivity index (χ1n) is 11.0. The van der Waals surface area contributed by atoms with Gasteiger partial charge in [-0.1, -0.05) is 12.1 Å². The summed E-state index contributed by atoms with van der Waals surface area (Å²) < 4.78 is 5.74. The van der Waals surface area contributed by atoms with Crippen LogP contribution >= 0.6 is 0 Å². The van der Waals surface area contributed by atoms with E-state index in [4.69, 9.17) is 14.7 Å². The molecule has 1 fully saturated rings. The Bertz CT molecular complexity index is 1310. The minimum absolute atomic E-state index is 0.0986. The molecule has 0 aliphatic carbocycles. The van der Waals surface area contributed by atoms with Crippen LogP contribution in [0.5, 0.6) is 0 Å². The van der Waals surface area contributed by atoms with Crippen LogP contribution in [0.25, 0.3) is 22.3 Å². The molecule has 3 aromatic heterocycles. The number of H-pyrrole nitrogens is 1. The Morgan fingerprint density at radius 3 is 3.03 bits per heavy atom. The van der Waals surface area contributed by atoms with Crippen LogP contribution in [0.15, 0.2) is 61.2 Å². The number of nitrogens with one attached hydrogen (secondary N) is 2. The van der Waals surface area contributed by atoms with Gasteiger partial charge in [-0.2, -0.15) is 0 Å². The summed E-state index contributed by atoms with van der Waals surface area (Å²) in [5.41, 5.74) is 3.62. The maximum Gasteiger partial charge on any atom is 0.243 e. The van der Waals surface area contributed by atoms with Crippen LogP contribution in [-0.4, -0.2) is 64.7 Å². The maximum atomic E-state index is 12.8. The van der Waals surface area contributed by atoms with Gasteiger partial charge in [0, 0.05) is 53.8 Å². The van der Waals surface area contributed by atoms with Gasteiger partial charge in [-0.05, 0) is 24.3 Å². The zero-order valence-electron chi connectivity index (χ0n) is 17.9. The second kappa shape index (κ2) is 8.18. The van der Waals surface area contributed by atoms with Crippen molar-refractivity contribution in [3.8, 4) is 11.4 Å². The van der Waals surface area contributed by atoms with Crippen LogP contribution in [0.1, 0.15) is 0 Å². The first kappa shape index (κ1) is 19.7. The van der Waals surface area contributed by atoms with E-state index < -0.39 is 0 Å². The molecule has 0 bridgehead atoms. The molecule has 2 aliphatic heterocycles. The van der Waals surface area contributed by atoms with Crippen molar-refractivity contribution in [1.29, 1.82) is 0 Å². The molecule has 5 heterocycles. The second-order valence-corrected chi connectivity index (χ2v) is 8.23. The number of hydrogen-bond acceptors (Lipinski definition) is 7. The smallest absolute Gasteiger partial charge is 0.243 e. The Morgan fingerprint density at radius 2 is 2.12 bits per heavy atom. The van der Waals surface area contributed by atoms with Crippen LogP contribution in [0.2, 0.25) is 0 Å². The Labute approximate surface area is 190 Å². The van der Waals surface area contributed by atoms with Gasteiger partial charge in [-0.15, -0.1) is 0 Å². The molecule has 166 valence electrons. The number of rotatable bonds is 4. The standard InChI is InChI=1S/C24H23N7O2/c32-22(28-16-4-7-25-8-5-16)14-30-13-17-15-33-11-10-31(17)24-21(30)12-27-23(29-24)19-2-1-3-20-18(19)6-9-26-20/h1-9,12,17,26H,10-11,13-15H2,(H,25,28,32). The Hall–Kier alpha value is -3.98. The highest BCUT2D eigenvalue weighted by molar-refractivity contribution is 5.96. The number of amides is 1. The summed E-state index contributed by atoms with van der Waals surface area (Å²) in [4.78, 5) is 34.1. The lowest BCUT2D eigenvalue weighted by Gasteiger charge is -2.45. The lowest BCUT2D eigenvalue weighted by molar-refractivity contribution is -0.115. The molecule has 1 saturated heterocycles. The van der Waals surface area contributed by atoms with Gasteiger partial charge in [0.15, 0.2) is 11.6 Å². The average molecular weight is 441 g/mol. The highest BCUT2D eigenvalue weighted by Gasteiger charge is 2.35. The van der Waals surface area contributed by atoms with Crippen molar-refractivity contribution in [2.24, 2.45) is 0 Å². The van der Waals surface area contributed by atoms with Gasteiger partial charge in [-0.3, -0.25) is 9.78 Å². The fourth-order valence-corrected chi connectivity index (χ4v) is 4.61. The summed E-state index contributed by atoms with van der Waals surface area (Å²) in [5.74, 6) is 1.43. The van der Waals surface area contributed by atoms with Crippen molar-refractivity contribution in [3.05, 3.63) is 61.2 Å². The number of pyridine rings is 1. The van der Waals surface area contributed by atoms with Crippen LogP contribution in [0.3, 0.4) is 0 Å². The van der Waals surface area contributed by atoms with Gasteiger partial charge in [0.1, 0.15) is 0 Å². The van der Waals surface area contributed by atoms with Crippen molar-refractivity contribution in [2.75, 3.05) is 48.0 Å². The van der Waals surface area contributed by atoms with Crippen molar-refractivity contribution < 1.29 is 9.53 Å². The number of nitrogens with zero attached hydrogens (tertiary/aromatic N) is 5. The first-order chi connectivity index (χ1) is 16.3. The van der Waals surface area contributed by atoms with Gasteiger partial charge in [0.25, 0.3) is 0 Å². The quantitative estimate of drug-likeness (QED) is 0.502. The van der Waals surface area contributed by atoms with Crippen molar-refractivity contribution >= 4 is 34.0 Å². The van der Waals surface area contributed by atoms with Crippen molar-refractivity contribution in [1.82, 2.24) is 19.9 Å². The van der Waals surface area contributed by atoms with E-state index in [0.717, 1.165) is 40.2 Å². The second-order valence-electron chi connectivity index (χ2n) is 8.23. The molecule has 2 N–H and O–H groups in total. The molecule has 9 heteroatoms. The van der Waals surface area contributed by atoms with E-state index in [9.17, 15) is 4.79 Å². The molecule has 6 rings (SSSR count). The number of ether oxygens (including phenoxy) is 1. The number of anilines is 3. The van der Waals surface area contributed by atoms with E-state index >= 15 is 0 Å². The predicted molar refractivity (Wildman–Crippen MR) is 126 cm³/mol. The molecule has 2 aliphatic rings. The summed E-state index contributed by atoms with van der Waals surface area (Å²) in [6.45, 7) is 2.90. The minimum Gasteiger partial charge on any atom is -0.377 e. The van der Waals surface area contributed by atoms with E-state index in [0.29, 0.717) is 25.6 Å². The Morgan fingerprint density at radius 1 is 1.21 bits per heavy atom. The molecule has 0 radical (unpaired) electrons. The third-order valence-electron chi connectivity index (χ3n) is 6.16. The van der Waals surface area contributed by atoms with Gasteiger partial charge in [0.05, 0.1) is 37.7 Å². The molecular formula is C24H23N7O2. The number of morpholine rings is 1. The summed E-state index contributed by atoms with van der Waals surface area (Å²) in [6.07, 6.45) is 7.08. The van der Waals surface area contributed by atoms with E-state index in [1.54, 1.807) is 24.5 Å². The summed E-state index contributed by atoms with van der Waals surface area (Å²) in [7, 11) is 0. The fourth-order valence-electron chi connectivity index (χ4n) is 4.61. The molecule has 33 heavy (non-hydrogen) atoms. The molecule has 0 saturated carbocycles. The Kier molecular flexibility index (Phi) is 4.88. The number of benzene rings is 1. The van der Waals surface area contributed by atoms with Gasteiger partial charge >= 0.3 is 0 Å². The normalized spacial score (nSPS) is 17.5. The van der Waals surface area contributed by atoms with Crippen molar-refractivity contribution in [2.45, 2.75) is 6.04 Å². The molecule has 1 atom stereocenters. The number of carbonyl (C=O) groups is 1. The van der Waals surface area contributed by atoms with E-state index in [1.807, 2.05) is 41.6 Å². The third kappa shape index (κ3) is 3.66. The highest BCUT2D eigenvalue weighted by Crippen LogP contribution is 2.36. The largest absolute Gasteiger partial charge is 0.377 e. The van der Waals surface area contributed by atoms with E-state index in [2.05, 4.69) is 20.2 Å². The van der Waals surface area contributed by atoms with Crippen molar-refractivity contribution in [3.63, 3.8) is 0 Å². The van der Waals surface area contributed by atoms with Crippen LogP contribution in [0.4, 0.5) is 17.2 Å². The molecule has 0 spiro atoms. The molecule has 1 unspecified atom stereocenters. The number of aromatic nitrogens is 4. The Balaban J connectivity index is 1.35. The average Bonchev–Trinajstić information content (AvgIpc) is 3.33. The van der Waals surface area contributed by atoms with Crippen LogP contribution in [0, 0.1) is 0 Å². The summed E-state index contributed by atoms with van der Waals surface area (Å²) >= 11 is 0. The van der Waals surface area contributed by atoms with Gasteiger partial charge < -0.3 is 24.8 Å².